The fraction of sp³-hybridized carbons (Fsp3) is 0.444. The van der Waals surface area contributed by atoms with Crippen LogP contribution in [0.2, 0.25) is 0 Å². The van der Waals surface area contributed by atoms with Gasteiger partial charge in [0.05, 0.1) is 0 Å². The summed E-state index contributed by atoms with van der Waals surface area (Å²) in [5.41, 5.74) is 4.66. The van der Waals surface area contributed by atoms with Crippen LogP contribution in [0.15, 0.2) is 48.5 Å². The van der Waals surface area contributed by atoms with E-state index in [0.717, 1.165) is 11.1 Å². The maximum absolute atomic E-state index is 12.6. The van der Waals surface area contributed by atoms with Crippen LogP contribution in [0, 0.1) is 11.8 Å². The molecule has 0 aromatic heterocycles. The van der Waals surface area contributed by atoms with E-state index in [0.29, 0.717) is 25.7 Å². The number of hydrogen-bond acceptors (Lipinski definition) is 4. The SMILES string of the molecule is CC(C)CC(NC(=O)[C@@H]1CC[C@H](NC(=O)OCC2c3ccccc3-c3ccccc32)C1)C(=O)O. The van der Waals surface area contributed by atoms with Gasteiger partial charge in [0.2, 0.25) is 5.91 Å². The minimum absolute atomic E-state index is 0.00540. The van der Waals surface area contributed by atoms with Gasteiger partial charge in [-0.25, -0.2) is 9.59 Å². The fourth-order valence-electron chi connectivity index (χ4n) is 5.14. The monoisotopic (exact) mass is 464 g/mol. The Bertz CT molecular complexity index is 1020. The zero-order valence-electron chi connectivity index (χ0n) is 19.6. The van der Waals surface area contributed by atoms with Crippen molar-refractivity contribution in [3.05, 3.63) is 59.7 Å². The second-order valence-corrected chi connectivity index (χ2v) is 9.71. The van der Waals surface area contributed by atoms with E-state index in [4.69, 9.17) is 4.74 Å². The molecule has 34 heavy (non-hydrogen) atoms. The number of carbonyl (C=O) groups excluding carboxylic acids is 2. The van der Waals surface area contributed by atoms with E-state index in [1.54, 1.807) is 0 Å². The fourth-order valence-corrected chi connectivity index (χ4v) is 5.14. The number of aliphatic carboxylic acids is 1. The molecule has 0 bridgehead atoms. The summed E-state index contributed by atoms with van der Waals surface area (Å²) in [6, 6.07) is 15.3. The van der Waals surface area contributed by atoms with Crippen LogP contribution in [0.4, 0.5) is 4.79 Å². The van der Waals surface area contributed by atoms with Gasteiger partial charge in [-0.3, -0.25) is 4.79 Å². The van der Waals surface area contributed by atoms with Crippen molar-refractivity contribution < 1.29 is 24.2 Å². The van der Waals surface area contributed by atoms with Crippen LogP contribution < -0.4 is 10.6 Å². The lowest BCUT2D eigenvalue weighted by Crippen LogP contribution is -2.44. The zero-order valence-corrected chi connectivity index (χ0v) is 19.6. The average molecular weight is 465 g/mol. The minimum atomic E-state index is -1.02. The average Bonchev–Trinajstić information content (AvgIpc) is 3.39. The Balaban J connectivity index is 1.29. The summed E-state index contributed by atoms with van der Waals surface area (Å²) in [6.45, 7) is 4.09. The first-order valence-corrected chi connectivity index (χ1v) is 12.0. The number of carboxylic acids is 1. The van der Waals surface area contributed by atoms with Gasteiger partial charge in [0.15, 0.2) is 0 Å². The first-order valence-electron chi connectivity index (χ1n) is 12.0. The van der Waals surface area contributed by atoms with Gasteiger partial charge < -0.3 is 20.5 Å². The van der Waals surface area contributed by atoms with Crippen molar-refractivity contribution in [3.8, 4) is 11.1 Å². The normalized spacial score (nSPS) is 19.9. The van der Waals surface area contributed by atoms with Crippen LogP contribution >= 0.6 is 0 Å². The molecule has 0 spiro atoms. The van der Waals surface area contributed by atoms with Crippen molar-refractivity contribution in [2.45, 2.75) is 57.5 Å². The smallest absolute Gasteiger partial charge is 0.407 e. The maximum Gasteiger partial charge on any atom is 0.407 e. The Hall–Kier alpha value is -3.35. The molecule has 2 aliphatic carbocycles. The number of amides is 2. The van der Waals surface area contributed by atoms with Crippen molar-refractivity contribution >= 4 is 18.0 Å². The van der Waals surface area contributed by atoms with Gasteiger partial charge in [0.25, 0.3) is 0 Å². The third-order valence-corrected chi connectivity index (χ3v) is 6.79. The standard InChI is InChI=1S/C27H32N2O5/c1-16(2)13-24(26(31)32)29-25(30)17-11-12-18(14-17)28-27(33)34-15-23-21-9-5-3-7-19(21)20-8-4-6-10-22(20)23/h3-10,16-18,23-24H,11-15H2,1-2H3,(H,28,33)(H,29,30)(H,31,32)/t17-,18+,24?/m1/s1. The molecule has 3 N–H and O–H groups in total. The first-order chi connectivity index (χ1) is 16.3. The summed E-state index contributed by atoms with van der Waals surface area (Å²) in [6.07, 6.45) is 1.63. The topological polar surface area (TPSA) is 105 Å². The van der Waals surface area contributed by atoms with E-state index in [1.807, 2.05) is 38.1 Å². The molecule has 0 heterocycles. The lowest BCUT2D eigenvalue weighted by atomic mass is 9.98. The number of alkyl carbamates (subject to hydrolysis) is 1. The number of ether oxygens (including phenoxy) is 1. The second kappa shape index (κ2) is 10.3. The number of fused-ring (bicyclic) bond motifs is 3. The molecule has 2 amide bonds. The predicted octanol–water partition coefficient (Wildman–Crippen LogP) is 4.31. The van der Waals surface area contributed by atoms with Gasteiger partial charge in [-0.15, -0.1) is 0 Å². The molecule has 1 unspecified atom stereocenters. The van der Waals surface area contributed by atoms with E-state index in [2.05, 4.69) is 34.9 Å². The number of rotatable bonds is 8. The van der Waals surface area contributed by atoms with Gasteiger partial charge in [-0.05, 0) is 53.9 Å². The van der Waals surface area contributed by atoms with Crippen molar-refractivity contribution in [2.75, 3.05) is 6.61 Å². The van der Waals surface area contributed by atoms with Gasteiger partial charge in [0.1, 0.15) is 12.6 Å². The van der Waals surface area contributed by atoms with Crippen molar-refractivity contribution in [3.63, 3.8) is 0 Å². The summed E-state index contributed by atoms with van der Waals surface area (Å²) in [7, 11) is 0. The van der Waals surface area contributed by atoms with Crippen LogP contribution in [0.3, 0.4) is 0 Å². The highest BCUT2D eigenvalue weighted by Crippen LogP contribution is 2.44. The summed E-state index contributed by atoms with van der Waals surface area (Å²) in [5, 5.41) is 14.9. The minimum Gasteiger partial charge on any atom is -0.480 e. The first kappa shape index (κ1) is 23.8. The molecule has 3 atom stereocenters. The predicted molar refractivity (Wildman–Crippen MR) is 128 cm³/mol. The highest BCUT2D eigenvalue weighted by atomic mass is 16.5. The third kappa shape index (κ3) is 5.24. The highest BCUT2D eigenvalue weighted by molar-refractivity contribution is 5.85. The number of benzene rings is 2. The Morgan fingerprint density at radius 3 is 2.21 bits per heavy atom. The Morgan fingerprint density at radius 1 is 1.00 bits per heavy atom. The molecular weight excluding hydrogens is 432 g/mol. The molecule has 7 nitrogen and oxygen atoms in total. The molecule has 1 fully saturated rings. The summed E-state index contributed by atoms with van der Waals surface area (Å²) in [5.74, 6) is -1.44. The van der Waals surface area contributed by atoms with E-state index in [9.17, 15) is 19.5 Å². The van der Waals surface area contributed by atoms with E-state index < -0.39 is 18.1 Å². The summed E-state index contributed by atoms with van der Waals surface area (Å²) in [4.78, 5) is 36.6. The molecule has 7 heteroatoms. The Labute approximate surface area is 199 Å². The van der Waals surface area contributed by atoms with Gasteiger partial charge >= 0.3 is 12.1 Å². The van der Waals surface area contributed by atoms with Crippen LogP contribution in [0.25, 0.3) is 11.1 Å². The molecule has 4 rings (SSSR count). The Morgan fingerprint density at radius 2 is 1.62 bits per heavy atom. The molecular formula is C27H32N2O5. The lowest BCUT2D eigenvalue weighted by molar-refractivity contribution is -0.142. The number of nitrogens with one attached hydrogen (secondary N) is 2. The van der Waals surface area contributed by atoms with Gasteiger partial charge in [-0.1, -0.05) is 62.4 Å². The number of carbonyl (C=O) groups is 3. The molecule has 2 aromatic rings. The van der Waals surface area contributed by atoms with Gasteiger partial charge in [0, 0.05) is 17.9 Å². The molecule has 180 valence electrons. The molecule has 0 radical (unpaired) electrons. The lowest BCUT2D eigenvalue weighted by Gasteiger charge is -2.19. The molecule has 0 aliphatic heterocycles. The van der Waals surface area contributed by atoms with Crippen LogP contribution in [0.5, 0.6) is 0 Å². The number of hydrogen-bond donors (Lipinski definition) is 3. The van der Waals surface area contributed by atoms with E-state index in [1.165, 1.54) is 11.1 Å². The summed E-state index contributed by atoms with van der Waals surface area (Å²) >= 11 is 0. The summed E-state index contributed by atoms with van der Waals surface area (Å²) < 4.78 is 5.61. The molecule has 1 saturated carbocycles. The molecule has 2 aromatic carbocycles. The van der Waals surface area contributed by atoms with Gasteiger partial charge in [-0.2, -0.15) is 0 Å². The van der Waals surface area contributed by atoms with Crippen LogP contribution in [-0.2, 0) is 14.3 Å². The highest BCUT2D eigenvalue weighted by Gasteiger charge is 2.34. The van der Waals surface area contributed by atoms with Crippen LogP contribution in [-0.4, -0.2) is 41.8 Å². The Kier molecular flexibility index (Phi) is 7.20. The largest absolute Gasteiger partial charge is 0.480 e. The molecule has 0 saturated heterocycles. The number of carboxylic acid groups (broad SMARTS) is 1. The van der Waals surface area contributed by atoms with Crippen molar-refractivity contribution in [1.82, 2.24) is 10.6 Å². The second-order valence-electron chi connectivity index (χ2n) is 9.71. The molecule has 2 aliphatic rings. The van der Waals surface area contributed by atoms with E-state index in [-0.39, 0.29) is 36.3 Å². The van der Waals surface area contributed by atoms with Crippen molar-refractivity contribution in [1.29, 1.82) is 0 Å². The van der Waals surface area contributed by atoms with E-state index >= 15 is 0 Å². The van der Waals surface area contributed by atoms with Crippen molar-refractivity contribution in [2.24, 2.45) is 11.8 Å². The zero-order chi connectivity index (χ0) is 24.2. The van der Waals surface area contributed by atoms with Crippen LogP contribution in [0.1, 0.15) is 56.6 Å². The third-order valence-electron chi connectivity index (χ3n) is 6.79. The maximum atomic E-state index is 12.6. The quantitative estimate of drug-likeness (QED) is 0.540.